The van der Waals surface area contributed by atoms with Gasteiger partial charge in [-0.1, -0.05) is 11.6 Å². The van der Waals surface area contributed by atoms with Crippen LogP contribution in [0.5, 0.6) is 0 Å². The Balaban J connectivity index is 1.23. The summed E-state index contributed by atoms with van der Waals surface area (Å²) in [7, 11) is 1.70. The molecule has 1 N–H and O–H groups in total. The van der Waals surface area contributed by atoms with Crippen molar-refractivity contribution in [2.45, 2.75) is 88.8 Å². The van der Waals surface area contributed by atoms with Crippen LogP contribution in [0, 0.1) is 11.3 Å². The van der Waals surface area contributed by atoms with Crippen molar-refractivity contribution in [1.29, 1.82) is 0 Å². The molecule has 1 saturated carbocycles. The van der Waals surface area contributed by atoms with Crippen LogP contribution in [0.4, 0.5) is 4.79 Å². The van der Waals surface area contributed by atoms with Crippen LogP contribution in [0.1, 0.15) is 59.3 Å². The summed E-state index contributed by atoms with van der Waals surface area (Å²) in [6.45, 7) is 9.04. The second-order valence-electron chi connectivity index (χ2n) is 11.2. The molecule has 5 aliphatic rings. The van der Waals surface area contributed by atoms with E-state index in [9.17, 15) is 9.59 Å². The average Bonchev–Trinajstić information content (AvgIpc) is 3.66. The number of nitrogens with one attached hydrogen (secondary N) is 1. The zero-order chi connectivity index (χ0) is 23.4. The Hall–Kier alpha value is -1.64. The molecule has 0 aromatic carbocycles. The molecule has 8 heteroatoms. The van der Waals surface area contributed by atoms with Crippen molar-refractivity contribution < 1.29 is 28.5 Å². The molecule has 1 aliphatic carbocycles. The van der Waals surface area contributed by atoms with E-state index in [1.807, 2.05) is 0 Å². The van der Waals surface area contributed by atoms with Crippen molar-refractivity contribution >= 4 is 12.0 Å². The van der Waals surface area contributed by atoms with Gasteiger partial charge in [0.05, 0.1) is 18.6 Å². The molecule has 6 atom stereocenters. The lowest BCUT2D eigenvalue weighted by atomic mass is 9.68. The van der Waals surface area contributed by atoms with Gasteiger partial charge in [0.15, 0.2) is 0 Å². The highest BCUT2D eigenvalue weighted by molar-refractivity contribution is 5.79. The standard InChI is InChI=1S/C25H38N2O6/c1-16(2)5-6-18-23(3,33-18)21-20(30-4)17(7-8-25(21)15-31-25)32-22(29)27-11-9-24(10-12-27)13-19(28)26-14-24/h5,17-18,20-21H,6-15H2,1-4H3,(H,26,28)/t17?,18-,20?,21?,23+,25?/m1/s1. The predicted octanol–water partition coefficient (Wildman–Crippen LogP) is 2.80. The van der Waals surface area contributed by atoms with Crippen molar-refractivity contribution in [2.75, 3.05) is 33.4 Å². The van der Waals surface area contributed by atoms with Crippen molar-refractivity contribution in [3.05, 3.63) is 11.6 Å². The number of carbonyl (C=O) groups excluding carboxylic acids is 2. The number of hydrogen-bond donors (Lipinski definition) is 1. The smallest absolute Gasteiger partial charge is 0.410 e. The van der Waals surface area contributed by atoms with E-state index in [2.05, 4.69) is 32.2 Å². The highest BCUT2D eigenvalue weighted by Gasteiger charge is 2.72. The van der Waals surface area contributed by atoms with Crippen LogP contribution < -0.4 is 5.32 Å². The van der Waals surface area contributed by atoms with Gasteiger partial charge in [-0.3, -0.25) is 4.79 Å². The fraction of sp³-hybridized carbons (Fsp3) is 0.840. The molecule has 8 nitrogen and oxygen atoms in total. The van der Waals surface area contributed by atoms with Crippen LogP contribution in [-0.4, -0.2) is 79.8 Å². The number of carbonyl (C=O) groups is 2. The molecule has 5 rings (SSSR count). The molecule has 0 aromatic rings. The molecule has 4 saturated heterocycles. The predicted molar refractivity (Wildman–Crippen MR) is 121 cm³/mol. The normalized spacial score (nSPS) is 41.1. The van der Waals surface area contributed by atoms with E-state index >= 15 is 0 Å². The SMILES string of the molecule is COC1C(OC(=O)N2CCC3(CC2)CNC(=O)C3)CCC2(CO2)C1[C@@]1(C)O[C@@H]1CC=C(C)C. The summed E-state index contributed by atoms with van der Waals surface area (Å²) in [4.78, 5) is 26.6. The fourth-order valence-electron chi connectivity index (χ4n) is 6.54. The van der Waals surface area contributed by atoms with Gasteiger partial charge in [-0.05, 0) is 58.3 Å². The number of allylic oxidation sites excluding steroid dienone is 1. The number of nitrogens with zero attached hydrogens (tertiary/aromatic N) is 1. The molecule has 0 aromatic heterocycles. The quantitative estimate of drug-likeness (QED) is 0.499. The Labute approximate surface area is 196 Å². The van der Waals surface area contributed by atoms with E-state index < -0.39 is 0 Å². The number of methoxy groups -OCH3 is 1. The Kier molecular flexibility index (Phi) is 5.77. The third-order valence-corrected chi connectivity index (χ3v) is 8.77. The minimum atomic E-state index is -0.340. The molecule has 2 amide bonds. The van der Waals surface area contributed by atoms with Gasteiger partial charge in [0.2, 0.25) is 5.91 Å². The highest BCUT2D eigenvalue weighted by Crippen LogP contribution is 2.59. The summed E-state index contributed by atoms with van der Waals surface area (Å²) in [6, 6.07) is 0. The molecule has 33 heavy (non-hydrogen) atoms. The minimum absolute atomic E-state index is 0.00671. The van der Waals surface area contributed by atoms with Gasteiger partial charge >= 0.3 is 6.09 Å². The second kappa shape index (κ2) is 8.24. The molecular formula is C25H38N2O6. The summed E-state index contributed by atoms with van der Waals surface area (Å²) >= 11 is 0. The first-order chi connectivity index (χ1) is 15.7. The van der Waals surface area contributed by atoms with Crippen LogP contribution in [0.25, 0.3) is 0 Å². The molecule has 184 valence electrons. The van der Waals surface area contributed by atoms with E-state index in [0.717, 1.165) is 38.6 Å². The number of hydrogen-bond acceptors (Lipinski definition) is 6. The van der Waals surface area contributed by atoms with Gasteiger partial charge in [-0.25, -0.2) is 4.79 Å². The third kappa shape index (κ3) is 4.19. The van der Waals surface area contributed by atoms with E-state index in [1.165, 1.54) is 5.57 Å². The number of amides is 2. The highest BCUT2D eigenvalue weighted by atomic mass is 16.6. The Bertz CT molecular complexity index is 827. The van der Waals surface area contributed by atoms with Gasteiger partial charge in [-0.2, -0.15) is 0 Å². The summed E-state index contributed by atoms with van der Waals surface area (Å²) in [5.74, 6) is 0.148. The zero-order valence-corrected chi connectivity index (χ0v) is 20.4. The second-order valence-corrected chi connectivity index (χ2v) is 11.2. The number of ether oxygens (including phenoxy) is 4. The van der Waals surface area contributed by atoms with Crippen molar-refractivity contribution in [2.24, 2.45) is 11.3 Å². The molecular weight excluding hydrogens is 424 g/mol. The van der Waals surface area contributed by atoms with Gasteiger partial charge in [0.1, 0.15) is 23.4 Å². The fourth-order valence-corrected chi connectivity index (χ4v) is 6.54. The van der Waals surface area contributed by atoms with Gasteiger partial charge in [0.25, 0.3) is 0 Å². The Morgan fingerprint density at radius 2 is 2.00 bits per heavy atom. The van der Waals surface area contributed by atoms with Gasteiger partial charge < -0.3 is 29.2 Å². The lowest BCUT2D eigenvalue weighted by Crippen LogP contribution is -2.56. The van der Waals surface area contributed by atoms with Crippen LogP contribution in [0.3, 0.4) is 0 Å². The van der Waals surface area contributed by atoms with E-state index in [-0.39, 0.29) is 52.8 Å². The van der Waals surface area contributed by atoms with Crippen LogP contribution >= 0.6 is 0 Å². The average molecular weight is 463 g/mol. The molecule has 0 radical (unpaired) electrons. The first kappa shape index (κ1) is 23.1. The number of piperidine rings is 1. The van der Waals surface area contributed by atoms with Crippen molar-refractivity contribution in [3.63, 3.8) is 0 Å². The Morgan fingerprint density at radius 3 is 2.58 bits per heavy atom. The van der Waals surface area contributed by atoms with Crippen LogP contribution in [0.15, 0.2) is 11.6 Å². The van der Waals surface area contributed by atoms with Crippen molar-refractivity contribution in [3.8, 4) is 0 Å². The number of rotatable bonds is 5. The first-order valence-corrected chi connectivity index (χ1v) is 12.4. The zero-order valence-electron chi connectivity index (χ0n) is 20.4. The molecule has 4 heterocycles. The molecule has 0 bridgehead atoms. The molecule has 4 unspecified atom stereocenters. The molecule has 2 spiro atoms. The first-order valence-electron chi connectivity index (χ1n) is 12.4. The monoisotopic (exact) mass is 462 g/mol. The lowest BCUT2D eigenvalue weighted by Gasteiger charge is -2.44. The Morgan fingerprint density at radius 1 is 1.27 bits per heavy atom. The maximum atomic E-state index is 13.1. The van der Waals surface area contributed by atoms with Crippen molar-refractivity contribution in [1.82, 2.24) is 10.2 Å². The topological polar surface area (TPSA) is 92.9 Å². The van der Waals surface area contributed by atoms with Gasteiger partial charge in [0, 0.05) is 33.2 Å². The lowest BCUT2D eigenvalue weighted by molar-refractivity contribution is -0.123. The summed E-state index contributed by atoms with van der Waals surface area (Å²) in [5.41, 5.74) is 0.725. The summed E-state index contributed by atoms with van der Waals surface area (Å²) in [6.07, 6.45) is 6.17. The summed E-state index contributed by atoms with van der Waals surface area (Å²) < 4.78 is 24.3. The minimum Gasteiger partial charge on any atom is -0.443 e. The number of likely N-dealkylation sites (tertiary alicyclic amines) is 1. The van der Waals surface area contributed by atoms with E-state index in [0.29, 0.717) is 26.1 Å². The van der Waals surface area contributed by atoms with E-state index in [1.54, 1.807) is 12.0 Å². The third-order valence-electron chi connectivity index (χ3n) is 8.77. The van der Waals surface area contributed by atoms with Crippen LogP contribution in [-0.2, 0) is 23.7 Å². The molecule has 4 aliphatic heterocycles. The van der Waals surface area contributed by atoms with Gasteiger partial charge in [-0.15, -0.1) is 0 Å². The number of epoxide rings is 2. The maximum Gasteiger partial charge on any atom is 0.410 e. The van der Waals surface area contributed by atoms with Crippen LogP contribution in [0.2, 0.25) is 0 Å². The van der Waals surface area contributed by atoms with E-state index in [4.69, 9.17) is 18.9 Å². The maximum absolute atomic E-state index is 13.1. The largest absolute Gasteiger partial charge is 0.443 e. The summed E-state index contributed by atoms with van der Waals surface area (Å²) in [5, 5.41) is 2.94. The molecule has 5 fully saturated rings.